The number of esters is 1. The second-order valence-electron chi connectivity index (χ2n) is 3.60. The lowest BCUT2D eigenvalue weighted by Crippen LogP contribution is -2.07. The molecule has 0 aromatic heterocycles. The van der Waals surface area contributed by atoms with E-state index in [4.69, 9.17) is 5.53 Å². The van der Waals surface area contributed by atoms with E-state index in [1.165, 1.54) is 7.11 Å². The van der Waals surface area contributed by atoms with Crippen LogP contribution >= 0.6 is 11.8 Å². The van der Waals surface area contributed by atoms with E-state index in [1.54, 1.807) is 23.9 Å². The van der Waals surface area contributed by atoms with Gasteiger partial charge in [0.25, 0.3) is 0 Å². The molecule has 0 saturated carbocycles. The Kier molecular flexibility index (Phi) is 3.56. The van der Waals surface area contributed by atoms with E-state index < -0.39 is 0 Å². The highest BCUT2D eigenvalue weighted by atomic mass is 32.2. The summed E-state index contributed by atoms with van der Waals surface area (Å²) in [6.07, 6.45) is 0.833. The molecule has 1 atom stereocenters. The maximum Gasteiger partial charge on any atom is 0.337 e. The molecule has 2 rings (SSSR count). The largest absolute Gasteiger partial charge is 0.465 e. The predicted molar refractivity (Wildman–Crippen MR) is 65.0 cm³/mol. The minimum atomic E-state index is -0.348. The number of fused-ring (bicyclic) bond motifs is 1. The van der Waals surface area contributed by atoms with Crippen LogP contribution < -0.4 is 0 Å². The van der Waals surface area contributed by atoms with Gasteiger partial charge in [0.2, 0.25) is 0 Å². The second-order valence-corrected chi connectivity index (χ2v) is 4.74. The molecule has 0 spiro atoms. The van der Waals surface area contributed by atoms with Gasteiger partial charge in [0.1, 0.15) is 0 Å². The van der Waals surface area contributed by atoms with Crippen LogP contribution in [0, 0.1) is 0 Å². The highest BCUT2D eigenvalue weighted by Gasteiger charge is 2.20. The Morgan fingerprint density at radius 2 is 2.47 bits per heavy atom. The van der Waals surface area contributed by atoms with Crippen molar-refractivity contribution in [1.29, 1.82) is 0 Å². The van der Waals surface area contributed by atoms with Crippen LogP contribution in [0.25, 0.3) is 10.4 Å². The van der Waals surface area contributed by atoms with Gasteiger partial charge in [0.15, 0.2) is 0 Å². The third-order valence-corrected chi connectivity index (χ3v) is 3.74. The Morgan fingerprint density at radius 3 is 3.18 bits per heavy atom. The molecule has 88 valence electrons. The number of ether oxygens (including phenoxy) is 1. The number of carbonyl (C=O) groups is 1. The summed E-state index contributed by atoms with van der Waals surface area (Å²) in [6, 6.07) is 5.22. The van der Waals surface area contributed by atoms with Crippen LogP contribution in [0.15, 0.2) is 28.2 Å². The van der Waals surface area contributed by atoms with Crippen molar-refractivity contribution in [3.63, 3.8) is 0 Å². The number of hydrogen-bond donors (Lipinski definition) is 0. The number of benzene rings is 1. The Bertz CT molecular complexity index is 497. The maximum absolute atomic E-state index is 11.4. The first kappa shape index (κ1) is 11.8. The minimum absolute atomic E-state index is 0.122. The zero-order valence-electron chi connectivity index (χ0n) is 9.29. The molecule has 0 bridgehead atoms. The van der Waals surface area contributed by atoms with Crippen LogP contribution in [0.1, 0.15) is 28.4 Å². The second kappa shape index (κ2) is 5.12. The summed E-state index contributed by atoms with van der Waals surface area (Å²) < 4.78 is 4.67. The van der Waals surface area contributed by atoms with E-state index in [0.717, 1.165) is 22.6 Å². The molecule has 0 unspecified atom stereocenters. The summed E-state index contributed by atoms with van der Waals surface area (Å²) in [5.41, 5.74) is 10.0. The molecule has 1 aliphatic heterocycles. The van der Waals surface area contributed by atoms with Gasteiger partial charge in [-0.1, -0.05) is 11.2 Å². The third kappa shape index (κ3) is 2.38. The number of hydrogen-bond acceptors (Lipinski definition) is 4. The number of azide groups is 1. The molecule has 0 fully saturated rings. The Labute approximate surface area is 103 Å². The van der Waals surface area contributed by atoms with Gasteiger partial charge < -0.3 is 4.74 Å². The summed E-state index contributed by atoms with van der Waals surface area (Å²) in [5.74, 6) is 0.542. The first-order valence-corrected chi connectivity index (χ1v) is 6.14. The standard InChI is InChI=1S/C11H11N3O2S/c1-16-11(15)7-2-3-8-9(13-14-12)4-5-17-10(8)6-7/h2-3,6,9H,4-5H2,1H3/t9-/m1/s1. The molecule has 17 heavy (non-hydrogen) atoms. The van der Waals surface area contributed by atoms with E-state index in [-0.39, 0.29) is 12.0 Å². The predicted octanol–water partition coefficient (Wildman–Crippen LogP) is 3.32. The Morgan fingerprint density at radius 1 is 1.65 bits per heavy atom. The first-order chi connectivity index (χ1) is 8.26. The van der Waals surface area contributed by atoms with E-state index >= 15 is 0 Å². The van der Waals surface area contributed by atoms with Crippen molar-refractivity contribution in [1.82, 2.24) is 0 Å². The van der Waals surface area contributed by atoms with Crippen LogP contribution in [0.5, 0.6) is 0 Å². The topological polar surface area (TPSA) is 75.1 Å². The van der Waals surface area contributed by atoms with E-state index in [1.807, 2.05) is 6.07 Å². The molecule has 1 aliphatic rings. The molecule has 6 heteroatoms. The Balaban J connectivity index is 2.39. The van der Waals surface area contributed by atoms with E-state index in [9.17, 15) is 4.79 Å². The minimum Gasteiger partial charge on any atom is -0.465 e. The van der Waals surface area contributed by atoms with Crippen molar-refractivity contribution in [3.05, 3.63) is 39.8 Å². The molecule has 0 amide bonds. The van der Waals surface area contributed by atoms with Crippen LogP contribution in [0.4, 0.5) is 0 Å². The molecule has 0 aliphatic carbocycles. The summed E-state index contributed by atoms with van der Waals surface area (Å²) in [7, 11) is 1.36. The number of thioether (sulfide) groups is 1. The molecule has 1 aromatic carbocycles. The van der Waals surface area contributed by atoms with Crippen LogP contribution in [-0.2, 0) is 4.74 Å². The zero-order chi connectivity index (χ0) is 12.3. The Hall–Kier alpha value is -1.65. The lowest BCUT2D eigenvalue weighted by atomic mass is 10.0. The molecule has 0 saturated heterocycles. The van der Waals surface area contributed by atoms with Crippen molar-refractivity contribution in [2.75, 3.05) is 12.9 Å². The fourth-order valence-electron chi connectivity index (χ4n) is 1.80. The average molecular weight is 249 g/mol. The highest BCUT2D eigenvalue weighted by molar-refractivity contribution is 7.99. The number of rotatable bonds is 2. The molecule has 1 heterocycles. The van der Waals surface area contributed by atoms with Crippen LogP contribution in [-0.4, -0.2) is 18.8 Å². The molecule has 0 radical (unpaired) electrons. The van der Waals surface area contributed by atoms with Crippen molar-refractivity contribution >= 4 is 17.7 Å². The monoisotopic (exact) mass is 249 g/mol. The normalized spacial score (nSPS) is 17.8. The fourth-order valence-corrected chi connectivity index (χ4v) is 2.94. The number of methoxy groups -OCH3 is 1. The summed E-state index contributed by atoms with van der Waals surface area (Å²) >= 11 is 1.67. The molecular formula is C11H11N3O2S. The summed E-state index contributed by atoms with van der Waals surface area (Å²) in [4.78, 5) is 15.2. The molecular weight excluding hydrogens is 238 g/mol. The van der Waals surface area contributed by atoms with Gasteiger partial charge in [-0.15, -0.1) is 11.8 Å². The van der Waals surface area contributed by atoms with Crippen LogP contribution in [0.3, 0.4) is 0 Å². The first-order valence-electron chi connectivity index (χ1n) is 5.15. The molecule has 0 N–H and O–H groups in total. The number of nitrogens with zero attached hydrogens (tertiary/aromatic N) is 3. The fraction of sp³-hybridized carbons (Fsp3) is 0.364. The van der Waals surface area contributed by atoms with Gasteiger partial charge in [-0.05, 0) is 35.4 Å². The van der Waals surface area contributed by atoms with Crippen LogP contribution in [0.2, 0.25) is 0 Å². The van der Waals surface area contributed by atoms with Gasteiger partial charge in [-0.25, -0.2) is 4.79 Å². The average Bonchev–Trinajstić information content (AvgIpc) is 2.38. The highest BCUT2D eigenvalue weighted by Crippen LogP contribution is 2.38. The van der Waals surface area contributed by atoms with E-state index in [2.05, 4.69) is 14.8 Å². The molecule has 1 aromatic rings. The van der Waals surface area contributed by atoms with E-state index in [0.29, 0.717) is 5.56 Å². The van der Waals surface area contributed by atoms with Crippen molar-refractivity contribution in [2.24, 2.45) is 5.11 Å². The van der Waals surface area contributed by atoms with Gasteiger partial charge in [-0.3, -0.25) is 0 Å². The third-order valence-electron chi connectivity index (χ3n) is 2.63. The summed E-state index contributed by atoms with van der Waals surface area (Å²) in [5, 5.41) is 3.77. The van der Waals surface area contributed by atoms with Gasteiger partial charge in [0.05, 0.1) is 18.7 Å². The van der Waals surface area contributed by atoms with Gasteiger partial charge in [-0.2, -0.15) is 0 Å². The lowest BCUT2D eigenvalue weighted by molar-refractivity contribution is 0.0600. The summed E-state index contributed by atoms with van der Waals surface area (Å²) in [6.45, 7) is 0. The lowest BCUT2D eigenvalue weighted by Gasteiger charge is -2.21. The molecule has 5 nitrogen and oxygen atoms in total. The smallest absolute Gasteiger partial charge is 0.337 e. The quantitative estimate of drug-likeness (QED) is 0.349. The number of carbonyl (C=O) groups excluding carboxylic acids is 1. The zero-order valence-corrected chi connectivity index (χ0v) is 10.1. The van der Waals surface area contributed by atoms with Gasteiger partial charge >= 0.3 is 5.97 Å². The SMILES string of the molecule is COC(=O)c1ccc2c(c1)SCC[C@H]2N=[N+]=[N-]. The van der Waals surface area contributed by atoms with Crippen molar-refractivity contribution in [3.8, 4) is 0 Å². The maximum atomic E-state index is 11.4. The van der Waals surface area contributed by atoms with Crippen molar-refractivity contribution < 1.29 is 9.53 Å². The van der Waals surface area contributed by atoms with Gasteiger partial charge in [0, 0.05) is 9.81 Å². The van der Waals surface area contributed by atoms with Crippen molar-refractivity contribution in [2.45, 2.75) is 17.4 Å².